The van der Waals surface area contributed by atoms with E-state index in [9.17, 15) is 14.4 Å². The summed E-state index contributed by atoms with van der Waals surface area (Å²) in [6.45, 7) is 16.9. The Labute approximate surface area is 244 Å². The normalized spacial score (nSPS) is 24.2. The predicted octanol–water partition coefficient (Wildman–Crippen LogP) is 4.61. The number of Topliss-reactive ketones (excluding diaryl/α,β-unsaturated/α-hetero) is 1. The van der Waals surface area contributed by atoms with Crippen LogP contribution in [0.15, 0.2) is 52.2 Å². The molecule has 3 heterocycles. The molecule has 1 aromatic carbocycles. The second-order valence-electron chi connectivity index (χ2n) is 12.2. The SMILES string of the molecule is CC(C)[Si]1(C(C)C)OC[C@H]2OC(n3ccc(=O)n(COCc4ccccc4)c3=O)C(=O)[C@@H]2O[Si](C(C)C)(C(C)C)O1. The molecule has 0 amide bonds. The minimum absolute atomic E-state index is 0.0347. The zero-order chi connectivity index (χ0) is 30.1. The summed E-state index contributed by atoms with van der Waals surface area (Å²) in [5.74, 6) is -0.388. The summed E-state index contributed by atoms with van der Waals surface area (Å²) in [4.78, 5) is 40.0. The molecule has 2 fully saturated rings. The van der Waals surface area contributed by atoms with E-state index in [2.05, 4.69) is 55.4 Å². The lowest BCUT2D eigenvalue weighted by atomic mass is 10.1. The smallest absolute Gasteiger partial charge is 0.335 e. The van der Waals surface area contributed by atoms with Crippen LogP contribution in [0.25, 0.3) is 0 Å². The molecule has 0 N–H and O–H groups in total. The van der Waals surface area contributed by atoms with Crippen LogP contribution < -0.4 is 11.2 Å². The molecule has 2 saturated heterocycles. The Morgan fingerprint density at radius 2 is 1.49 bits per heavy atom. The highest BCUT2D eigenvalue weighted by Gasteiger charge is 2.61. The molecule has 0 radical (unpaired) electrons. The van der Waals surface area contributed by atoms with Gasteiger partial charge in [0.2, 0.25) is 5.78 Å². The van der Waals surface area contributed by atoms with E-state index in [1.807, 2.05) is 30.3 Å². The Bertz CT molecular complexity index is 1310. The van der Waals surface area contributed by atoms with E-state index in [1.54, 1.807) is 0 Å². The molecule has 1 unspecified atom stereocenters. The molecule has 0 saturated carbocycles. The number of aromatic nitrogens is 2. The summed E-state index contributed by atoms with van der Waals surface area (Å²) < 4.78 is 34.7. The van der Waals surface area contributed by atoms with Gasteiger partial charge in [-0.05, 0) is 27.7 Å². The van der Waals surface area contributed by atoms with Crippen LogP contribution >= 0.6 is 0 Å². The van der Waals surface area contributed by atoms with E-state index in [4.69, 9.17) is 22.4 Å². The number of hydrogen-bond donors (Lipinski definition) is 0. The van der Waals surface area contributed by atoms with Gasteiger partial charge >= 0.3 is 22.8 Å². The van der Waals surface area contributed by atoms with Crippen LogP contribution in [-0.4, -0.2) is 50.9 Å². The fourth-order valence-electron chi connectivity index (χ4n) is 5.87. The summed E-state index contributed by atoms with van der Waals surface area (Å²) in [6, 6.07) is 10.7. The van der Waals surface area contributed by atoms with Crippen molar-refractivity contribution in [3.63, 3.8) is 0 Å². The number of hydrogen-bond acceptors (Lipinski definition) is 8. The zero-order valence-electron chi connectivity index (χ0n) is 25.4. The van der Waals surface area contributed by atoms with Crippen molar-refractivity contribution in [2.75, 3.05) is 6.61 Å². The third kappa shape index (κ3) is 6.01. The van der Waals surface area contributed by atoms with Crippen molar-refractivity contribution in [2.24, 2.45) is 0 Å². The molecule has 0 spiro atoms. The fraction of sp³-hybridized carbons (Fsp3) is 0.621. The van der Waals surface area contributed by atoms with Gasteiger partial charge in [0.05, 0.1) is 13.2 Å². The number of nitrogens with zero attached hydrogens (tertiary/aromatic N) is 2. The van der Waals surface area contributed by atoms with Crippen LogP contribution in [0, 0.1) is 0 Å². The maximum Gasteiger partial charge on any atom is 0.335 e. The van der Waals surface area contributed by atoms with E-state index >= 15 is 0 Å². The standard InChI is InChI=1S/C29H44N2O8Si2/c1-19(2)40(20(3)4)36-17-24-27(38-41(39-40,21(5)6)22(7)8)26(33)28(37-24)30-15-14-25(32)31(29(30)34)18-35-16-23-12-10-9-11-13-23/h9-15,19-22,24,27-28H,16-18H2,1-8H3/t24-,27-,28?/m1/s1. The van der Waals surface area contributed by atoms with Crippen LogP contribution in [0.1, 0.15) is 67.2 Å². The van der Waals surface area contributed by atoms with Gasteiger partial charge < -0.3 is 22.4 Å². The van der Waals surface area contributed by atoms with Gasteiger partial charge in [-0.25, -0.2) is 9.36 Å². The van der Waals surface area contributed by atoms with Crippen molar-refractivity contribution in [3.8, 4) is 0 Å². The Morgan fingerprint density at radius 3 is 2.07 bits per heavy atom. The third-order valence-electron chi connectivity index (χ3n) is 8.17. The highest BCUT2D eigenvalue weighted by molar-refractivity contribution is 6.84. The molecule has 12 heteroatoms. The highest BCUT2D eigenvalue weighted by atomic mass is 28.5. The van der Waals surface area contributed by atoms with Gasteiger partial charge in [-0.15, -0.1) is 0 Å². The number of rotatable bonds is 9. The van der Waals surface area contributed by atoms with Gasteiger partial charge in [0.1, 0.15) is 18.9 Å². The maximum atomic E-state index is 13.9. The monoisotopic (exact) mass is 604 g/mol. The van der Waals surface area contributed by atoms with Crippen LogP contribution in [0.4, 0.5) is 0 Å². The summed E-state index contributed by atoms with van der Waals surface area (Å²) in [5.41, 5.74) is 0.0371. The first-order valence-corrected chi connectivity index (χ1v) is 18.4. The van der Waals surface area contributed by atoms with E-state index in [-0.39, 0.29) is 47.9 Å². The molecule has 2 aromatic rings. The van der Waals surface area contributed by atoms with Crippen molar-refractivity contribution in [2.45, 2.75) is 109 Å². The molecule has 3 atom stereocenters. The lowest BCUT2D eigenvalue weighted by Crippen LogP contribution is -2.65. The average Bonchev–Trinajstić information content (AvgIpc) is 3.20. The first-order chi connectivity index (χ1) is 19.3. The van der Waals surface area contributed by atoms with Crippen LogP contribution in [0.2, 0.25) is 22.2 Å². The highest BCUT2D eigenvalue weighted by Crippen LogP contribution is 2.47. The molecule has 4 rings (SSSR count). The second kappa shape index (κ2) is 12.6. The van der Waals surface area contributed by atoms with Crippen LogP contribution in [-0.2, 0) is 40.6 Å². The van der Waals surface area contributed by atoms with Crippen molar-refractivity contribution in [1.29, 1.82) is 0 Å². The van der Waals surface area contributed by atoms with Crippen LogP contribution in [0.5, 0.6) is 0 Å². The number of ketones is 1. The third-order valence-corrected chi connectivity index (χ3v) is 18.4. The Balaban J connectivity index is 1.66. The number of carbonyl (C=O) groups is 1. The lowest BCUT2D eigenvalue weighted by molar-refractivity contribution is -0.130. The van der Waals surface area contributed by atoms with Crippen molar-refractivity contribution in [1.82, 2.24) is 9.13 Å². The maximum absolute atomic E-state index is 13.9. The molecule has 41 heavy (non-hydrogen) atoms. The van der Waals surface area contributed by atoms with Crippen molar-refractivity contribution < 1.29 is 27.2 Å². The summed E-state index contributed by atoms with van der Waals surface area (Å²) in [5, 5.41) is 0. The van der Waals surface area contributed by atoms with E-state index in [0.29, 0.717) is 0 Å². The Morgan fingerprint density at radius 1 is 0.878 bits per heavy atom. The number of fused-ring (bicyclic) bond motifs is 1. The minimum atomic E-state index is -3.05. The lowest BCUT2D eigenvalue weighted by Gasteiger charge is -2.50. The topological polar surface area (TPSA) is 107 Å². The van der Waals surface area contributed by atoms with Crippen molar-refractivity contribution in [3.05, 3.63) is 69.0 Å². The molecular weight excluding hydrogens is 560 g/mol. The predicted molar refractivity (Wildman–Crippen MR) is 159 cm³/mol. The molecule has 2 aliphatic heterocycles. The number of ether oxygens (including phenoxy) is 2. The van der Waals surface area contributed by atoms with E-state index in [0.717, 1.165) is 14.7 Å². The Hall–Kier alpha value is -2.20. The summed E-state index contributed by atoms with van der Waals surface area (Å²) in [7, 11) is -5.87. The average molecular weight is 605 g/mol. The van der Waals surface area contributed by atoms with Gasteiger partial charge in [-0.1, -0.05) is 85.7 Å². The quantitative estimate of drug-likeness (QED) is 0.382. The molecule has 10 nitrogen and oxygen atoms in total. The summed E-state index contributed by atoms with van der Waals surface area (Å²) >= 11 is 0. The number of benzene rings is 1. The van der Waals surface area contributed by atoms with Gasteiger partial charge in [0, 0.05) is 12.3 Å². The van der Waals surface area contributed by atoms with Crippen LogP contribution in [0.3, 0.4) is 0 Å². The van der Waals surface area contributed by atoms with Gasteiger partial charge in [-0.2, -0.15) is 0 Å². The molecule has 0 aliphatic carbocycles. The molecular formula is C29H44N2O8Si2. The van der Waals surface area contributed by atoms with Gasteiger partial charge in [0.25, 0.3) is 5.56 Å². The molecule has 2 aliphatic rings. The Kier molecular flexibility index (Phi) is 9.74. The fourth-order valence-corrected chi connectivity index (χ4v) is 17.0. The van der Waals surface area contributed by atoms with Crippen molar-refractivity contribution >= 4 is 22.9 Å². The first-order valence-electron chi connectivity index (χ1n) is 14.5. The molecule has 1 aromatic heterocycles. The van der Waals surface area contributed by atoms with Gasteiger partial charge in [0.15, 0.2) is 6.23 Å². The van der Waals surface area contributed by atoms with E-state index < -0.39 is 46.8 Å². The summed E-state index contributed by atoms with van der Waals surface area (Å²) in [6.07, 6.45) is -1.63. The molecule has 0 bridgehead atoms. The minimum Gasteiger partial charge on any atom is -0.414 e. The van der Waals surface area contributed by atoms with E-state index in [1.165, 1.54) is 12.3 Å². The first kappa shape index (κ1) is 31.7. The number of carbonyl (C=O) groups excluding carboxylic acids is 1. The largest absolute Gasteiger partial charge is 0.414 e. The molecule has 226 valence electrons. The second-order valence-corrected chi connectivity index (χ2v) is 21.0. The zero-order valence-corrected chi connectivity index (χ0v) is 27.4. The van der Waals surface area contributed by atoms with Gasteiger partial charge in [-0.3, -0.25) is 14.2 Å².